The number of methoxy groups -OCH3 is 2. The van der Waals surface area contributed by atoms with Gasteiger partial charge in [-0.2, -0.15) is 5.26 Å². The van der Waals surface area contributed by atoms with Gasteiger partial charge in [0.25, 0.3) is 19.9 Å². The van der Waals surface area contributed by atoms with E-state index in [0.717, 1.165) is 22.8 Å². The van der Waals surface area contributed by atoms with Gasteiger partial charge in [-0.25, -0.2) is 4.67 Å². The number of hydrogen-bond donors (Lipinski definition) is 1. The van der Waals surface area contributed by atoms with Crippen molar-refractivity contribution in [1.29, 1.82) is 5.26 Å². The van der Waals surface area contributed by atoms with Gasteiger partial charge in [-0.1, -0.05) is 61.0 Å². The van der Waals surface area contributed by atoms with E-state index in [9.17, 15) is 30.3 Å². The van der Waals surface area contributed by atoms with Gasteiger partial charge < -0.3 is 33.5 Å². The van der Waals surface area contributed by atoms with Crippen LogP contribution >= 0.6 is 8.53 Å². The van der Waals surface area contributed by atoms with Crippen molar-refractivity contribution < 1.29 is 37.9 Å². The standard InChI is InChI=1S/C47H59N6O10P/c1-34(2)51(35(3)4)64(62-29-13-27-48)63-43-30-40(50(32-43)46(54)16-11-8-12-28-49-44-26-21-39(52(55)56)31-45(44)53(57)58)33-61-47(36-14-9-7-10-15-36,37-17-22-41(59-5)23-18-37)38-19-24-42(60-6)25-20-38/h7,9-10,14-15,17-26,31,34-35,40,43,49H,8,11-13,16,28-30,32-33H2,1-6H3/t40-,43+,64?/m0/s1. The molecule has 1 amide bonds. The lowest BCUT2D eigenvalue weighted by atomic mass is 9.80. The molecule has 1 heterocycles. The maximum absolute atomic E-state index is 14.4. The summed E-state index contributed by atoms with van der Waals surface area (Å²) in [6.45, 7) is 9.38. The fraction of sp³-hybridized carbons (Fsp3) is 0.447. The number of carbonyl (C=O) groups excluding carboxylic acids is 1. The number of amides is 1. The first-order chi connectivity index (χ1) is 30.8. The number of nitro groups is 2. The third-order valence-electron chi connectivity index (χ3n) is 11.0. The number of rotatable bonds is 25. The highest BCUT2D eigenvalue weighted by atomic mass is 31.2. The minimum atomic E-state index is -1.58. The first-order valence-corrected chi connectivity index (χ1v) is 22.7. The van der Waals surface area contributed by atoms with E-state index in [2.05, 4.69) is 43.8 Å². The van der Waals surface area contributed by atoms with Gasteiger partial charge in [0.15, 0.2) is 0 Å². The lowest BCUT2D eigenvalue weighted by Gasteiger charge is -2.38. The second kappa shape index (κ2) is 23.8. The zero-order valence-electron chi connectivity index (χ0n) is 37.4. The second-order valence-corrected chi connectivity index (χ2v) is 17.4. The predicted octanol–water partition coefficient (Wildman–Crippen LogP) is 9.76. The molecular weight excluding hydrogens is 840 g/mol. The molecule has 1 N–H and O–H groups in total. The van der Waals surface area contributed by atoms with Crippen molar-refractivity contribution in [3.05, 3.63) is 134 Å². The zero-order valence-corrected chi connectivity index (χ0v) is 38.3. The summed E-state index contributed by atoms with van der Waals surface area (Å²) in [4.78, 5) is 37.7. The molecule has 1 aliphatic rings. The fourth-order valence-corrected chi connectivity index (χ4v) is 9.72. The molecule has 0 radical (unpaired) electrons. The Kier molecular flexibility index (Phi) is 18.4. The smallest absolute Gasteiger partial charge is 0.299 e. The molecule has 1 saturated heterocycles. The number of unbranched alkanes of at least 4 members (excludes halogenated alkanes) is 2. The molecule has 0 spiro atoms. The molecule has 342 valence electrons. The normalized spacial score (nSPS) is 15.6. The van der Waals surface area contributed by atoms with E-state index in [4.69, 9.17) is 23.3 Å². The molecular formula is C47H59N6O10P. The average Bonchev–Trinajstić information content (AvgIpc) is 3.70. The topological polar surface area (TPSA) is 192 Å². The van der Waals surface area contributed by atoms with Gasteiger partial charge in [-0.05, 0) is 94.0 Å². The molecule has 0 saturated carbocycles. The Labute approximate surface area is 376 Å². The summed E-state index contributed by atoms with van der Waals surface area (Å²) in [5, 5.41) is 35.1. The van der Waals surface area contributed by atoms with Crippen molar-refractivity contribution in [3.8, 4) is 17.6 Å². The lowest BCUT2D eigenvalue weighted by Crippen LogP contribution is -2.42. The van der Waals surface area contributed by atoms with Crippen LogP contribution in [0.25, 0.3) is 0 Å². The van der Waals surface area contributed by atoms with Gasteiger partial charge >= 0.3 is 0 Å². The lowest BCUT2D eigenvalue weighted by molar-refractivity contribution is -0.393. The van der Waals surface area contributed by atoms with Crippen LogP contribution in [0.4, 0.5) is 17.1 Å². The Morgan fingerprint density at radius 3 is 2.03 bits per heavy atom. The van der Waals surface area contributed by atoms with E-state index >= 15 is 0 Å². The highest BCUT2D eigenvalue weighted by molar-refractivity contribution is 7.44. The molecule has 64 heavy (non-hydrogen) atoms. The minimum Gasteiger partial charge on any atom is -0.497 e. The SMILES string of the molecule is COc1ccc(C(OC[C@@H]2C[C@@H](OP(OCCC#N)N(C(C)C)C(C)C)CN2C(=O)CCCCCNc2ccc([N+](=O)[O-])cc2[N+](=O)[O-])(c2ccccc2)c2ccc(OC)cc2)cc1. The van der Waals surface area contributed by atoms with Crippen LogP contribution in [0.1, 0.15) is 82.9 Å². The number of likely N-dealkylation sites (tertiary alicyclic amines) is 1. The van der Waals surface area contributed by atoms with Gasteiger partial charge in [0.05, 0.1) is 68.0 Å². The Hall–Kier alpha value is -5.69. The molecule has 5 rings (SSSR count). The summed E-state index contributed by atoms with van der Waals surface area (Å²) in [5.41, 5.74) is 0.960. The number of nitrogens with zero attached hydrogens (tertiary/aromatic N) is 5. The van der Waals surface area contributed by atoms with Gasteiger partial charge in [0.1, 0.15) is 22.8 Å². The van der Waals surface area contributed by atoms with Gasteiger partial charge in [-0.3, -0.25) is 25.0 Å². The number of hydrogen-bond acceptors (Lipinski definition) is 13. The molecule has 1 unspecified atom stereocenters. The summed E-state index contributed by atoms with van der Waals surface area (Å²) in [6, 6.07) is 31.0. The van der Waals surface area contributed by atoms with Gasteiger partial charge in [-0.15, -0.1) is 0 Å². The van der Waals surface area contributed by atoms with Crippen LogP contribution in [-0.4, -0.2) is 90.1 Å². The molecule has 0 aromatic heterocycles. The minimum absolute atomic E-state index is 0.0582. The molecule has 0 aliphatic carbocycles. The van der Waals surface area contributed by atoms with Crippen molar-refractivity contribution in [2.24, 2.45) is 0 Å². The third-order valence-corrected chi connectivity index (χ3v) is 13.2. The largest absolute Gasteiger partial charge is 0.497 e. The van der Waals surface area contributed by atoms with E-state index in [-0.39, 0.29) is 73.3 Å². The number of anilines is 1. The first kappa shape index (κ1) is 49.3. The Balaban J connectivity index is 1.41. The first-order valence-electron chi connectivity index (χ1n) is 21.5. The number of carbonyl (C=O) groups is 1. The third kappa shape index (κ3) is 12.5. The van der Waals surface area contributed by atoms with E-state index in [1.165, 1.54) is 12.1 Å². The summed E-state index contributed by atoms with van der Waals surface area (Å²) in [6.07, 6.45) is 2.37. The van der Waals surface area contributed by atoms with Crippen molar-refractivity contribution in [3.63, 3.8) is 0 Å². The highest BCUT2D eigenvalue weighted by Crippen LogP contribution is 2.49. The summed E-state index contributed by atoms with van der Waals surface area (Å²) in [5.74, 6) is 1.33. The van der Waals surface area contributed by atoms with Crippen LogP contribution in [0, 0.1) is 31.6 Å². The highest BCUT2D eigenvalue weighted by Gasteiger charge is 2.43. The Bertz CT molecular complexity index is 2120. The molecule has 3 atom stereocenters. The van der Waals surface area contributed by atoms with Crippen LogP contribution in [0.2, 0.25) is 0 Å². The van der Waals surface area contributed by atoms with Crippen LogP contribution < -0.4 is 14.8 Å². The summed E-state index contributed by atoms with van der Waals surface area (Å²) < 4.78 is 33.6. The molecule has 4 aromatic carbocycles. The number of non-ortho nitro benzene ring substituents is 1. The van der Waals surface area contributed by atoms with Crippen molar-refractivity contribution in [1.82, 2.24) is 9.57 Å². The maximum Gasteiger partial charge on any atom is 0.299 e. The molecule has 16 nitrogen and oxygen atoms in total. The van der Waals surface area contributed by atoms with E-state index in [0.29, 0.717) is 50.3 Å². The van der Waals surface area contributed by atoms with Gasteiger partial charge in [0, 0.05) is 37.7 Å². The van der Waals surface area contributed by atoms with Crippen molar-refractivity contribution >= 4 is 31.5 Å². The van der Waals surface area contributed by atoms with E-state index in [1.807, 2.05) is 83.8 Å². The molecule has 1 fully saturated rings. The molecule has 1 aliphatic heterocycles. The number of nitrogens with one attached hydrogen (secondary N) is 1. The predicted molar refractivity (Wildman–Crippen MR) is 245 cm³/mol. The number of benzene rings is 4. The van der Waals surface area contributed by atoms with Crippen LogP contribution in [-0.2, 0) is 24.2 Å². The maximum atomic E-state index is 14.4. The second-order valence-electron chi connectivity index (χ2n) is 16.0. The number of nitro benzene ring substituents is 2. The Morgan fingerprint density at radius 2 is 1.48 bits per heavy atom. The monoisotopic (exact) mass is 898 g/mol. The van der Waals surface area contributed by atoms with E-state index in [1.54, 1.807) is 14.2 Å². The van der Waals surface area contributed by atoms with Crippen molar-refractivity contribution in [2.75, 3.05) is 45.8 Å². The summed E-state index contributed by atoms with van der Waals surface area (Å²) >= 11 is 0. The zero-order chi connectivity index (χ0) is 46.2. The number of nitriles is 1. The molecule has 17 heteroatoms. The van der Waals surface area contributed by atoms with Crippen LogP contribution in [0.5, 0.6) is 11.5 Å². The van der Waals surface area contributed by atoms with E-state index < -0.39 is 24.0 Å². The average molecular weight is 899 g/mol. The van der Waals surface area contributed by atoms with Crippen LogP contribution in [0.15, 0.2) is 97.1 Å². The van der Waals surface area contributed by atoms with Crippen LogP contribution in [0.3, 0.4) is 0 Å². The fourth-order valence-electron chi connectivity index (χ4n) is 8.01. The van der Waals surface area contributed by atoms with Crippen molar-refractivity contribution in [2.45, 2.75) is 96.1 Å². The van der Waals surface area contributed by atoms with Gasteiger partial charge in [0.2, 0.25) is 5.91 Å². The molecule has 4 aromatic rings. The quantitative estimate of drug-likeness (QED) is 0.0218. The number of ether oxygens (including phenoxy) is 3. The Morgan fingerprint density at radius 1 is 0.875 bits per heavy atom. The molecule has 0 bridgehead atoms. The summed E-state index contributed by atoms with van der Waals surface area (Å²) in [7, 11) is 1.66.